The Morgan fingerprint density at radius 3 is 2.54 bits per heavy atom. The molecule has 1 N–H and O–H groups in total. The van der Waals surface area contributed by atoms with E-state index in [0.29, 0.717) is 17.4 Å². The Hall–Kier alpha value is -3.00. The maximum atomic E-state index is 5.31. The molecule has 0 atom stereocenters. The van der Waals surface area contributed by atoms with Gasteiger partial charge < -0.3 is 19.5 Å². The molecule has 0 fully saturated rings. The number of methoxy groups -OCH3 is 1. The highest BCUT2D eigenvalue weighted by Crippen LogP contribution is 2.22. The average molecular weight is 354 g/mol. The number of nitrogens with zero attached hydrogens (tertiary/aromatic N) is 5. The molecule has 0 aliphatic carbocycles. The maximum Gasteiger partial charge on any atom is 0.278 e. The fourth-order valence-corrected chi connectivity index (χ4v) is 2.34. The fourth-order valence-electron chi connectivity index (χ4n) is 2.34. The second-order valence-electron chi connectivity index (χ2n) is 6.04. The van der Waals surface area contributed by atoms with Crippen LogP contribution in [0.25, 0.3) is 23.0 Å². The molecule has 8 heteroatoms. The van der Waals surface area contributed by atoms with Crippen LogP contribution < -0.4 is 10.1 Å². The lowest BCUT2D eigenvalue weighted by atomic mass is 10.2. The Kier molecular flexibility index (Phi) is 5.75. The van der Waals surface area contributed by atoms with Crippen molar-refractivity contribution in [2.24, 2.45) is 0 Å². The predicted molar refractivity (Wildman–Crippen MR) is 99.0 cm³/mol. The second kappa shape index (κ2) is 8.39. The van der Waals surface area contributed by atoms with Gasteiger partial charge in [0, 0.05) is 12.1 Å². The zero-order chi connectivity index (χ0) is 18.4. The number of benzene rings is 1. The molecule has 8 nitrogen and oxygen atoms in total. The second-order valence-corrected chi connectivity index (χ2v) is 6.04. The highest BCUT2D eigenvalue weighted by Gasteiger charge is 2.12. The number of hydrogen-bond donors (Lipinski definition) is 1. The quantitative estimate of drug-likeness (QED) is 0.617. The van der Waals surface area contributed by atoms with E-state index in [9.17, 15) is 0 Å². The monoisotopic (exact) mass is 354 g/mol. The first kappa shape index (κ1) is 17.8. The number of nitrogens with one attached hydrogen (secondary N) is 1. The Morgan fingerprint density at radius 2 is 1.88 bits per heavy atom. The van der Waals surface area contributed by atoms with Crippen molar-refractivity contribution in [2.45, 2.75) is 6.42 Å². The van der Waals surface area contributed by atoms with Gasteiger partial charge in [0.15, 0.2) is 5.69 Å². The number of aromatic nitrogens is 4. The van der Waals surface area contributed by atoms with Crippen molar-refractivity contribution in [3.63, 3.8) is 0 Å². The van der Waals surface area contributed by atoms with Gasteiger partial charge in [-0.1, -0.05) is 5.16 Å². The number of hydrogen-bond acceptors (Lipinski definition) is 8. The van der Waals surface area contributed by atoms with Crippen molar-refractivity contribution in [1.29, 1.82) is 0 Å². The highest BCUT2D eigenvalue weighted by molar-refractivity contribution is 5.59. The molecule has 0 amide bonds. The van der Waals surface area contributed by atoms with Crippen LogP contribution in [0.3, 0.4) is 0 Å². The minimum atomic E-state index is 0.336. The Bertz CT molecular complexity index is 814. The number of rotatable bonds is 8. The van der Waals surface area contributed by atoms with E-state index >= 15 is 0 Å². The van der Waals surface area contributed by atoms with E-state index in [4.69, 9.17) is 9.26 Å². The molecule has 3 aromatic rings. The lowest BCUT2D eigenvalue weighted by Gasteiger charge is -2.09. The topological polar surface area (TPSA) is 89.2 Å². The van der Waals surface area contributed by atoms with Crippen molar-refractivity contribution < 1.29 is 9.26 Å². The van der Waals surface area contributed by atoms with Crippen LogP contribution in [-0.2, 0) is 0 Å². The van der Waals surface area contributed by atoms with E-state index in [0.717, 1.165) is 36.6 Å². The van der Waals surface area contributed by atoms with Gasteiger partial charge in [-0.25, -0.2) is 0 Å². The first-order chi connectivity index (χ1) is 12.7. The van der Waals surface area contributed by atoms with E-state index in [1.54, 1.807) is 7.11 Å². The molecule has 1 aromatic carbocycles. The third-order valence-corrected chi connectivity index (χ3v) is 3.75. The third-order valence-electron chi connectivity index (χ3n) is 3.75. The van der Waals surface area contributed by atoms with Crippen LogP contribution in [0.1, 0.15) is 6.42 Å². The molecule has 2 aromatic heterocycles. The smallest absolute Gasteiger partial charge is 0.278 e. The molecule has 0 saturated carbocycles. The van der Waals surface area contributed by atoms with Crippen LogP contribution in [0, 0.1) is 0 Å². The van der Waals surface area contributed by atoms with Crippen LogP contribution in [0.15, 0.2) is 40.9 Å². The van der Waals surface area contributed by atoms with Crippen LogP contribution in [0.5, 0.6) is 5.75 Å². The minimum Gasteiger partial charge on any atom is -0.497 e. The van der Waals surface area contributed by atoms with Gasteiger partial charge in [0.1, 0.15) is 11.6 Å². The molecule has 2 heterocycles. The molecular weight excluding hydrogens is 332 g/mol. The van der Waals surface area contributed by atoms with Gasteiger partial charge in [-0.3, -0.25) is 0 Å². The summed E-state index contributed by atoms with van der Waals surface area (Å²) >= 11 is 0. The molecule has 0 aliphatic rings. The number of ether oxygens (including phenoxy) is 1. The van der Waals surface area contributed by atoms with Gasteiger partial charge in [0.2, 0.25) is 5.82 Å². The summed E-state index contributed by atoms with van der Waals surface area (Å²) in [5, 5.41) is 15.6. The summed E-state index contributed by atoms with van der Waals surface area (Å²) in [6.45, 7) is 1.86. The summed E-state index contributed by atoms with van der Waals surface area (Å²) in [6.07, 6.45) is 1.03. The highest BCUT2D eigenvalue weighted by atomic mass is 16.5. The van der Waals surface area contributed by atoms with Crippen LogP contribution in [-0.4, -0.2) is 59.5 Å². The molecule has 0 unspecified atom stereocenters. The van der Waals surface area contributed by atoms with Crippen molar-refractivity contribution in [3.8, 4) is 28.7 Å². The molecule has 26 heavy (non-hydrogen) atoms. The zero-order valence-corrected chi connectivity index (χ0v) is 15.1. The molecule has 0 radical (unpaired) electrons. The van der Waals surface area contributed by atoms with E-state index in [1.165, 1.54) is 0 Å². The van der Waals surface area contributed by atoms with Crippen molar-refractivity contribution >= 4 is 5.82 Å². The molecule has 0 aliphatic heterocycles. The molecule has 0 saturated heterocycles. The summed E-state index contributed by atoms with van der Waals surface area (Å²) in [7, 11) is 5.74. The summed E-state index contributed by atoms with van der Waals surface area (Å²) in [4.78, 5) is 6.53. The lowest BCUT2D eigenvalue weighted by Crippen LogP contribution is -2.16. The SMILES string of the molecule is COc1ccc(-c2noc(-c3ccc(NCCCN(C)C)nn3)n2)cc1. The zero-order valence-electron chi connectivity index (χ0n) is 15.1. The van der Waals surface area contributed by atoms with Gasteiger partial charge in [0.25, 0.3) is 5.89 Å². The van der Waals surface area contributed by atoms with E-state index in [2.05, 4.69) is 44.7 Å². The Morgan fingerprint density at radius 1 is 1.08 bits per heavy atom. The van der Waals surface area contributed by atoms with Gasteiger partial charge >= 0.3 is 0 Å². The largest absolute Gasteiger partial charge is 0.497 e. The number of anilines is 1. The van der Waals surface area contributed by atoms with Gasteiger partial charge in [0.05, 0.1) is 7.11 Å². The standard InChI is InChI=1S/C18H22N6O2/c1-24(2)12-4-11-19-16-10-9-15(21-22-16)18-20-17(23-26-18)13-5-7-14(25-3)8-6-13/h5-10H,4,11-12H2,1-3H3,(H,19,22). The molecule has 136 valence electrons. The van der Waals surface area contributed by atoms with E-state index < -0.39 is 0 Å². The van der Waals surface area contributed by atoms with Gasteiger partial charge in [-0.2, -0.15) is 4.98 Å². The summed E-state index contributed by atoms with van der Waals surface area (Å²) in [5.41, 5.74) is 1.38. The van der Waals surface area contributed by atoms with Crippen molar-refractivity contribution in [2.75, 3.05) is 39.6 Å². The average Bonchev–Trinajstić information content (AvgIpc) is 3.16. The fraction of sp³-hybridized carbons (Fsp3) is 0.333. The van der Waals surface area contributed by atoms with Crippen LogP contribution in [0.2, 0.25) is 0 Å². The Labute approximate surface area is 152 Å². The van der Waals surface area contributed by atoms with Crippen LogP contribution >= 0.6 is 0 Å². The molecule has 0 spiro atoms. The predicted octanol–water partition coefficient (Wildman–Crippen LogP) is 2.57. The molecular formula is C18H22N6O2. The molecule has 3 rings (SSSR count). The summed E-state index contributed by atoms with van der Waals surface area (Å²) < 4.78 is 10.5. The minimum absolute atomic E-state index is 0.336. The van der Waals surface area contributed by atoms with E-state index in [1.807, 2.05) is 36.4 Å². The van der Waals surface area contributed by atoms with Crippen LogP contribution in [0.4, 0.5) is 5.82 Å². The summed E-state index contributed by atoms with van der Waals surface area (Å²) in [5.74, 6) is 2.33. The normalized spacial score (nSPS) is 10.9. The van der Waals surface area contributed by atoms with Gasteiger partial charge in [-0.05, 0) is 63.5 Å². The first-order valence-corrected chi connectivity index (χ1v) is 8.36. The van der Waals surface area contributed by atoms with Crippen molar-refractivity contribution in [1.82, 2.24) is 25.2 Å². The molecule has 0 bridgehead atoms. The Balaban J connectivity index is 1.63. The van der Waals surface area contributed by atoms with Crippen molar-refractivity contribution in [3.05, 3.63) is 36.4 Å². The van der Waals surface area contributed by atoms with Gasteiger partial charge in [-0.15, -0.1) is 10.2 Å². The summed E-state index contributed by atoms with van der Waals surface area (Å²) in [6, 6.07) is 11.1. The third kappa shape index (κ3) is 4.54. The lowest BCUT2D eigenvalue weighted by molar-refractivity contribution is 0.405. The first-order valence-electron chi connectivity index (χ1n) is 8.36. The maximum absolute atomic E-state index is 5.31. The van der Waals surface area contributed by atoms with E-state index in [-0.39, 0.29) is 0 Å².